The van der Waals surface area contributed by atoms with Crippen molar-refractivity contribution < 1.29 is 42.8 Å². The lowest BCUT2D eigenvalue weighted by atomic mass is 10.0. The SMILES string of the molecule is C=CC(=O)OCCOC(=O)c1ccc(C(=O)OCC[PH](=O)O)cc1C(=O)I. The van der Waals surface area contributed by atoms with E-state index in [0.717, 1.165) is 6.08 Å². The van der Waals surface area contributed by atoms with E-state index < -0.39 is 29.7 Å². The van der Waals surface area contributed by atoms with Gasteiger partial charge in [-0.15, -0.1) is 0 Å². The molecule has 0 amide bonds. The molecule has 0 aliphatic carbocycles. The van der Waals surface area contributed by atoms with Gasteiger partial charge in [-0.1, -0.05) is 6.58 Å². The number of benzene rings is 1. The minimum absolute atomic E-state index is 0.00379. The summed E-state index contributed by atoms with van der Waals surface area (Å²) in [7, 11) is -2.75. The van der Waals surface area contributed by atoms with Crippen molar-refractivity contribution in [3.8, 4) is 0 Å². The van der Waals surface area contributed by atoms with E-state index in [4.69, 9.17) is 14.4 Å². The zero-order chi connectivity index (χ0) is 20.4. The lowest BCUT2D eigenvalue weighted by Gasteiger charge is -2.10. The summed E-state index contributed by atoms with van der Waals surface area (Å²) in [5, 5.41) is 0. The van der Waals surface area contributed by atoms with Gasteiger partial charge in [0.1, 0.15) is 19.8 Å². The molecule has 0 radical (unpaired) electrons. The van der Waals surface area contributed by atoms with Crippen molar-refractivity contribution in [1.29, 1.82) is 0 Å². The number of carbonyl (C=O) groups is 4. The zero-order valence-electron chi connectivity index (χ0n) is 13.9. The van der Waals surface area contributed by atoms with Crippen molar-refractivity contribution in [3.05, 3.63) is 47.5 Å². The number of carbonyl (C=O) groups excluding carboxylic acids is 4. The molecule has 0 aliphatic rings. The van der Waals surface area contributed by atoms with E-state index in [2.05, 4.69) is 11.3 Å². The van der Waals surface area contributed by atoms with Gasteiger partial charge < -0.3 is 19.1 Å². The van der Waals surface area contributed by atoms with Crippen LogP contribution >= 0.6 is 30.6 Å². The second-order valence-electron chi connectivity index (χ2n) is 4.82. The number of esters is 3. The largest absolute Gasteiger partial charge is 0.462 e. The van der Waals surface area contributed by atoms with Crippen molar-refractivity contribution in [2.24, 2.45) is 0 Å². The third-order valence-electron chi connectivity index (χ3n) is 2.96. The van der Waals surface area contributed by atoms with Crippen LogP contribution in [-0.4, -0.2) is 52.6 Å². The quantitative estimate of drug-likeness (QED) is 0.0951. The Balaban J connectivity index is 2.80. The first-order chi connectivity index (χ1) is 12.8. The Morgan fingerprint density at radius 3 is 2.26 bits per heavy atom. The van der Waals surface area contributed by atoms with E-state index >= 15 is 0 Å². The topological polar surface area (TPSA) is 133 Å². The number of ether oxygens (including phenoxy) is 3. The van der Waals surface area contributed by atoms with Gasteiger partial charge in [0.05, 0.1) is 17.3 Å². The molecule has 0 heterocycles. The third-order valence-corrected chi connectivity index (χ3v) is 4.18. The molecular weight excluding hydrogens is 494 g/mol. The van der Waals surface area contributed by atoms with E-state index in [1.807, 2.05) is 0 Å². The van der Waals surface area contributed by atoms with Gasteiger partial charge >= 0.3 is 17.9 Å². The predicted molar refractivity (Wildman–Crippen MR) is 103 cm³/mol. The molecule has 1 atom stereocenters. The van der Waals surface area contributed by atoms with Gasteiger partial charge in [-0.05, 0) is 18.2 Å². The van der Waals surface area contributed by atoms with Gasteiger partial charge in [0.2, 0.25) is 3.79 Å². The normalized spacial score (nSPS) is 11.2. The number of halogens is 1. The minimum Gasteiger partial charge on any atom is -0.462 e. The number of hydrogen-bond acceptors (Lipinski definition) is 8. The van der Waals surface area contributed by atoms with Crippen LogP contribution in [0.2, 0.25) is 0 Å². The fraction of sp³-hybridized carbons (Fsp3) is 0.250. The number of hydrogen-bond donors (Lipinski definition) is 1. The molecule has 1 aromatic carbocycles. The van der Waals surface area contributed by atoms with Crippen LogP contribution in [0.3, 0.4) is 0 Å². The molecule has 146 valence electrons. The maximum absolute atomic E-state index is 12.1. The Kier molecular flexibility index (Phi) is 9.90. The van der Waals surface area contributed by atoms with Crippen molar-refractivity contribution in [2.45, 2.75) is 0 Å². The Morgan fingerprint density at radius 1 is 1.04 bits per heavy atom. The molecule has 1 aromatic rings. The Labute approximate surface area is 168 Å². The van der Waals surface area contributed by atoms with Crippen molar-refractivity contribution >= 4 is 52.3 Å². The van der Waals surface area contributed by atoms with E-state index in [-0.39, 0.29) is 42.7 Å². The predicted octanol–water partition coefficient (Wildman–Crippen LogP) is 1.77. The lowest BCUT2D eigenvalue weighted by Crippen LogP contribution is -2.16. The third kappa shape index (κ3) is 8.02. The average Bonchev–Trinajstić information content (AvgIpc) is 2.63. The summed E-state index contributed by atoms with van der Waals surface area (Å²) in [5.41, 5.74) is -0.126. The van der Waals surface area contributed by atoms with Crippen LogP contribution in [0.15, 0.2) is 30.9 Å². The zero-order valence-corrected chi connectivity index (χ0v) is 17.1. The molecule has 1 N–H and O–H groups in total. The van der Waals surface area contributed by atoms with Gasteiger partial charge in [-0.3, -0.25) is 9.36 Å². The van der Waals surface area contributed by atoms with Gasteiger partial charge in [-0.2, -0.15) is 0 Å². The molecule has 0 aliphatic heterocycles. The standard InChI is InChI=1S/C16H16IO9P/c1-2-13(18)24-5-6-25-16(21)11-4-3-10(9-12(11)14(17)19)15(20)26-7-8-27(22)23/h2-4,9,27H,1,5-8H2,(H,22,23). The smallest absolute Gasteiger partial charge is 0.339 e. The molecule has 11 heteroatoms. The molecule has 0 spiro atoms. The number of rotatable bonds is 10. The maximum atomic E-state index is 12.1. The molecular formula is C16H16IO9P. The highest BCUT2D eigenvalue weighted by Gasteiger charge is 2.20. The Bertz CT molecular complexity index is 775. The fourth-order valence-corrected chi connectivity index (χ4v) is 2.46. The first-order valence-electron chi connectivity index (χ1n) is 7.45. The summed E-state index contributed by atoms with van der Waals surface area (Å²) in [6.45, 7) is 2.57. The highest BCUT2D eigenvalue weighted by atomic mass is 127. The van der Waals surface area contributed by atoms with Gasteiger partial charge in [-0.25, -0.2) is 14.4 Å². The minimum atomic E-state index is -2.75. The Hall–Kier alpha value is -2.04. The summed E-state index contributed by atoms with van der Waals surface area (Å²) >= 11 is 1.45. The molecule has 0 saturated heterocycles. The van der Waals surface area contributed by atoms with E-state index in [9.17, 15) is 23.7 Å². The van der Waals surface area contributed by atoms with Crippen LogP contribution in [0.25, 0.3) is 0 Å². The molecule has 0 fully saturated rings. The van der Waals surface area contributed by atoms with Crippen LogP contribution in [0, 0.1) is 0 Å². The molecule has 0 saturated carbocycles. The van der Waals surface area contributed by atoms with Crippen LogP contribution in [0.1, 0.15) is 31.1 Å². The summed E-state index contributed by atoms with van der Waals surface area (Å²) < 4.78 is 24.5. The Morgan fingerprint density at radius 2 is 1.67 bits per heavy atom. The van der Waals surface area contributed by atoms with Crippen molar-refractivity contribution in [2.75, 3.05) is 26.0 Å². The van der Waals surface area contributed by atoms with Gasteiger partial charge in [0, 0.05) is 34.2 Å². The molecule has 1 rings (SSSR count). The monoisotopic (exact) mass is 510 g/mol. The average molecular weight is 510 g/mol. The summed E-state index contributed by atoms with van der Waals surface area (Å²) in [5.74, 6) is -2.29. The second kappa shape index (κ2) is 11.6. The van der Waals surface area contributed by atoms with Crippen LogP contribution in [0.4, 0.5) is 0 Å². The second-order valence-corrected chi connectivity index (χ2v) is 7.09. The highest BCUT2D eigenvalue weighted by Crippen LogP contribution is 2.18. The van der Waals surface area contributed by atoms with E-state index in [1.54, 1.807) is 0 Å². The summed E-state index contributed by atoms with van der Waals surface area (Å²) in [6.07, 6.45) is 0.793. The first kappa shape index (κ1) is 23.0. The maximum Gasteiger partial charge on any atom is 0.339 e. The first-order valence-corrected chi connectivity index (χ1v) is 10.1. The van der Waals surface area contributed by atoms with Crippen molar-refractivity contribution in [1.82, 2.24) is 0 Å². The van der Waals surface area contributed by atoms with Crippen LogP contribution in [-0.2, 0) is 23.6 Å². The van der Waals surface area contributed by atoms with Gasteiger partial charge in [0.25, 0.3) is 0 Å². The van der Waals surface area contributed by atoms with Crippen molar-refractivity contribution in [3.63, 3.8) is 0 Å². The van der Waals surface area contributed by atoms with Crippen LogP contribution < -0.4 is 0 Å². The summed E-state index contributed by atoms with van der Waals surface area (Å²) in [6, 6.07) is 3.67. The molecule has 1 unspecified atom stereocenters. The molecule has 9 nitrogen and oxygen atoms in total. The van der Waals surface area contributed by atoms with E-state index in [1.165, 1.54) is 40.8 Å². The van der Waals surface area contributed by atoms with Crippen LogP contribution in [0.5, 0.6) is 0 Å². The van der Waals surface area contributed by atoms with E-state index in [0.29, 0.717) is 0 Å². The molecule has 0 bridgehead atoms. The fourth-order valence-electron chi connectivity index (χ4n) is 1.74. The van der Waals surface area contributed by atoms with Gasteiger partial charge in [0.15, 0.2) is 8.03 Å². The summed E-state index contributed by atoms with van der Waals surface area (Å²) in [4.78, 5) is 55.4. The lowest BCUT2D eigenvalue weighted by molar-refractivity contribution is -0.138. The molecule has 0 aromatic heterocycles. The molecule has 27 heavy (non-hydrogen) atoms. The highest BCUT2D eigenvalue weighted by molar-refractivity contribution is 14.1.